The highest BCUT2D eigenvalue weighted by atomic mass is 127. The summed E-state index contributed by atoms with van der Waals surface area (Å²) in [6, 6.07) is 0. The third kappa shape index (κ3) is 3.27. The molecule has 3 nitrogen and oxygen atoms in total. The zero-order valence-electron chi connectivity index (χ0n) is 8.43. The van der Waals surface area contributed by atoms with Crippen molar-refractivity contribution in [2.24, 2.45) is 0 Å². The average molecular weight is 324 g/mol. The predicted octanol–water partition coefficient (Wildman–Crippen LogP) is 2.32. The lowest BCUT2D eigenvalue weighted by molar-refractivity contribution is 0.949. The lowest BCUT2D eigenvalue weighted by atomic mass is 10.4. The second kappa shape index (κ2) is 5.16. The smallest absolute Gasteiger partial charge is 0.264 e. The number of nitrogens with zero attached hydrogens (tertiary/aromatic N) is 1. The molecule has 1 rings (SSSR count). The first-order valence-corrected chi connectivity index (χ1v) is 6.50. The zero-order chi connectivity index (χ0) is 10.7. The Morgan fingerprint density at radius 2 is 2.21 bits per heavy atom. The monoisotopic (exact) mass is 324 g/mol. The van der Waals surface area contributed by atoms with E-state index in [4.69, 9.17) is 0 Å². The first-order chi connectivity index (χ1) is 6.50. The fraction of sp³-hybridized carbons (Fsp3) is 0.556. The van der Waals surface area contributed by atoms with Crippen LogP contribution in [0, 0.1) is 10.5 Å². The summed E-state index contributed by atoms with van der Waals surface area (Å²) in [5.74, 6) is 1.54. The number of halogens is 1. The van der Waals surface area contributed by atoms with E-state index in [1.54, 1.807) is 11.8 Å². The van der Waals surface area contributed by atoms with Gasteiger partial charge in [-0.2, -0.15) is 11.8 Å². The molecule has 14 heavy (non-hydrogen) atoms. The van der Waals surface area contributed by atoms with E-state index in [0.717, 1.165) is 17.3 Å². The fourth-order valence-corrected chi connectivity index (χ4v) is 1.83. The summed E-state index contributed by atoms with van der Waals surface area (Å²) in [7, 11) is 0. The maximum atomic E-state index is 11.4. The Kier molecular flexibility index (Phi) is 4.43. The van der Waals surface area contributed by atoms with Crippen molar-refractivity contribution in [3.8, 4) is 0 Å². The summed E-state index contributed by atoms with van der Waals surface area (Å²) in [6.45, 7) is 6.12. The highest BCUT2D eigenvalue weighted by molar-refractivity contribution is 14.1. The fourth-order valence-electron chi connectivity index (χ4n) is 0.944. The Hall–Kier alpha value is -0.0400. The van der Waals surface area contributed by atoms with E-state index >= 15 is 0 Å². The Balaban J connectivity index is 2.85. The molecule has 0 saturated carbocycles. The van der Waals surface area contributed by atoms with Crippen LogP contribution in [0.3, 0.4) is 0 Å². The summed E-state index contributed by atoms with van der Waals surface area (Å²) >= 11 is 3.79. The van der Waals surface area contributed by atoms with Gasteiger partial charge in [0.15, 0.2) is 0 Å². The summed E-state index contributed by atoms with van der Waals surface area (Å²) < 4.78 is 0.681. The molecule has 1 aromatic rings. The molecule has 78 valence electrons. The van der Waals surface area contributed by atoms with Crippen LogP contribution >= 0.6 is 34.4 Å². The van der Waals surface area contributed by atoms with Gasteiger partial charge >= 0.3 is 0 Å². The number of hydrogen-bond acceptors (Lipinski definition) is 3. The maximum Gasteiger partial charge on any atom is 0.264 e. The molecule has 0 aliphatic carbocycles. The third-order valence-electron chi connectivity index (χ3n) is 1.63. The van der Waals surface area contributed by atoms with Gasteiger partial charge in [0.25, 0.3) is 5.56 Å². The highest BCUT2D eigenvalue weighted by Gasteiger charge is 2.05. The first-order valence-electron chi connectivity index (χ1n) is 4.37. The molecule has 0 fully saturated rings. The van der Waals surface area contributed by atoms with Gasteiger partial charge in [0.2, 0.25) is 0 Å². The van der Waals surface area contributed by atoms with Crippen LogP contribution in [0.15, 0.2) is 4.79 Å². The van der Waals surface area contributed by atoms with E-state index in [2.05, 4.69) is 23.8 Å². The van der Waals surface area contributed by atoms with E-state index in [1.165, 1.54) is 0 Å². The topological polar surface area (TPSA) is 45.8 Å². The molecule has 5 heteroatoms. The molecule has 1 heterocycles. The largest absolute Gasteiger partial charge is 0.309 e. The standard InChI is InChI=1S/C9H13IN2OS/c1-5(2)14-4-7-11-6(3)8(10)9(13)12-7/h5H,4H2,1-3H3,(H,11,12,13). The van der Waals surface area contributed by atoms with Gasteiger partial charge in [0.1, 0.15) is 5.82 Å². The van der Waals surface area contributed by atoms with Gasteiger partial charge in [0.05, 0.1) is 15.0 Å². The van der Waals surface area contributed by atoms with Crippen LogP contribution in [0.5, 0.6) is 0 Å². The molecule has 0 bridgehead atoms. The van der Waals surface area contributed by atoms with Crippen LogP contribution in [-0.4, -0.2) is 15.2 Å². The number of aromatic nitrogens is 2. The maximum absolute atomic E-state index is 11.4. The van der Waals surface area contributed by atoms with Gasteiger partial charge in [-0.05, 0) is 34.8 Å². The summed E-state index contributed by atoms with van der Waals surface area (Å²) in [4.78, 5) is 18.5. The molecule has 0 unspecified atom stereocenters. The van der Waals surface area contributed by atoms with Crippen LogP contribution in [0.2, 0.25) is 0 Å². The zero-order valence-corrected chi connectivity index (χ0v) is 11.4. The lowest BCUT2D eigenvalue weighted by Gasteiger charge is -2.05. The van der Waals surface area contributed by atoms with Crippen LogP contribution in [0.1, 0.15) is 25.4 Å². The van der Waals surface area contributed by atoms with Gasteiger partial charge < -0.3 is 4.98 Å². The van der Waals surface area contributed by atoms with Gasteiger partial charge in [-0.25, -0.2) is 4.98 Å². The van der Waals surface area contributed by atoms with E-state index in [0.29, 0.717) is 8.82 Å². The summed E-state index contributed by atoms with van der Waals surface area (Å²) in [6.07, 6.45) is 0. The second-order valence-corrected chi connectivity index (χ2v) is 5.92. The van der Waals surface area contributed by atoms with Gasteiger partial charge in [-0.1, -0.05) is 13.8 Å². The minimum atomic E-state index is -0.0301. The van der Waals surface area contributed by atoms with Gasteiger partial charge in [-0.3, -0.25) is 4.79 Å². The van der Waals surface area contributed by atoms with Crippen molar-refractivity contribution in [3.05, 3.63) is 25.4 Å². The predicted molar refractivity (Wildman–Crippen MR) is 68.7 cm³/mol. The Morgan fingerprint density at radius 1 is 1.57 bits per heavy atom. The average Bonchev–Trinajstić information content (AvgIpc) is 2.10. The second-order valence-electron chi connectivity index (χ2n) is 3.27. The van der Waals surface area contributed by atoms with Crippen LogP contribution < -0.4 is 5.56 Å². The molecule has 0 spiro atoms. The number of thioether (sulfide) groups is 1. The minimum Gasteiger partial charge on any atom is -0.309 e. The van der Waals surface area contributed by atoms with Crippen LogP contribution in [-0.2, 0) is 5.75 Å². The minimum absolute atomic E-state index is 0.0301. The van der Waals surface area contributed by atoms with E-state index < -0.39 is 0 Å². The highest BCUT2D eigenvalue weighted by Crippen LogP contribution is 2.14. The molecule has 0 aliphatic rings. The van der Waals surface area contributed by atoms with E-state index in [1.807, 2.05) is 29.5 Å². The Morgan fingerprint density at radius 3 is 2.71 bits per heavy atom. The van der Waals surface area contributed by atoms with Crippen LogP contribution in [0.25, 0.3) is 0 Å². The molecule has 1 N–H and O–H groups in total. The van der Waals surface area contributed by atoms with Crippen molar-refractivity contribution in [2.45, 2.75) is 31.8 Å². The van der Waals surface area contributed by atoms with Crippen molar-refractivity contribution in [1.29, 1.82) is 0 Å². The lowest BCUT2D eigenvalue weighted by Crippen LogP contribution is -2.16. The molecular formula is C9H13IN2OS. The Bertz CT molecular complexity index is 376. The Labute approximate surface area is 101 Å². The van der Waals surface area contributed by atoms with Crippen molar-refractivity contribution < 1.29 is 0 Å². The number of aromatic amines is 1. The van der Waals surface area contributed by atoms with E-state index in [9.17, 15) is 4.79 Å². The molecule has 1 aromatic heterocycles. The molecule has 0 saturated heterocycles. The summed E-state index contributed by atoms with van der Waals surface area (Å²) in [5.41, 5.74) is 0.783. The number of hydrogen-bond donors (Lipinski definition) is 1. The van der Waals surface area contributed by atoms with Crippen molar-refractivity contribution in [1.82, 2.24) is 9.97 Å². The molecular weight excluding hydrogens is 311 g/mol. The number of nitrogens with one attached hydrogen (secondary N) is 1. The normalized spacial score (nSPS) is 10.9. The van der Waals surface area contributed by atoms with E-state index in [-0.39, 0.29) is 5.56 Å². The summed E-state index contributed by atoms with van der Waals surface area (Å²) in [5, 5.41) is 0.555. The SMILES string of the molecule is Cc1nc(CSC(C)C)[nH]c(=O)c1I. The third-order valence-corrected chi connectivity index (χ3v) is 4.01. The van der Waals surface area contributed by atoms with Crippen molar-refractivity contribution >= 4 is 34.4 Å². The molecule has 0 aliphatic heterocycles. The quantitative estimate of drug-likeness (QED) is 0.868. The van der Waals surface area contributed by atoms with Crippen molar-refractivity contribution in [2.75, 3.05) is 0 Å². The van der Waals surface area contributed by atoms with Crippen molar-refractivity contribution in [3.63, 3.8) is 0 Å². The molecule has 0 radical (unpaired) electrons. The number of rotatable bonds is 3. The molecule has 0 amide bonds. The van der Waals surface area contributed by atoms with Gasteiger partial charge in [-0.15, -0.1) is 0 Å². The number of aryl methyl sites for hydroxylation is 1. The molecule has 0 aromatic carbocycles. The molecule has 0 atom stereocenters. The number of H-pyrrole nitrogens is 1. The first kappa shape index (κ1) is 12.0. The van der Waals surface area contributed by atoms with Gasteiger partial charge in [0, 0.05) is 0 Å². The van der Waals surface area contributed by atoms with Crippen LogP contribution in [0.4, 0.5) is 0 Å².